The molecule has 8 heteroatoms. The highest BCUT2D eigenvalue weighted by molar-refractivity contribution is 7.90. The highest BCUT2D eigenvalue weighted by Crippen LogP contribution is 2.33. The van der Waals surface area contributed by atoms with Crippen molar-refractivity contribution in [3.8, 4) is 28.5 Å². The van der Waals surface area contributed by atoms with Gasteiger partial charge in [0, 0.05) is 35.0 Å². The summed E-state index contributed by atoms with van der Waals surface area (Å²) in [5, 5.41) is 1.66. The molecule has 0 bridgehead atoms. The van der Waals surface area contributed by atoms with E-state index >= 15 is 0 Å². The zero-order valence-electron chi connectivity index (χ0n) is 19.1. The van der Waals surface area contributed by atoms with Gasteiger partial charge in [0.15, 0.2) is 9.84 Å². The van der Waals surface area contributed by atoms with E-state index in [0.29, 0.717) is 16.5 Å². The average molecular weight is 504 g/mol. The predicted molar refractivity (Wildman–Crippen MR) is 139 cm³/mol. The first kappa shape index (κ1) is 23.2. The molecule has 2 aromatic heterocycles. The van der Waals surface area contributed by atoms with E-state index in [1.54, 1.807) is 31.4 Å². The van der Waals surface area contributed by atoms with Crippen molar-refractivity contribution < 1.29 is 13.2 Å². The van der Waals surface area contributed by atoms with Gasteiger partial charge < -0.3 is 4.74 Å². The number of benzene rings is 3. The van der Waals surface area contributed by atoms with Gasteiger partial charge in [-0.3, -0.25) is 4.57 Å². The van der Waals surface area contributed by atoms with Crippen molar-refractivity contribution in [3.05, 3.63) is 95.6 Å². The largest absolute Gasteiger partial charge is 0.378 e. The molecule has 3 aromatic carbocycles. The van der Waals surface area contributed by atoms with E-state index < -0.39 is 9.84 Å². The average Bonchev–Trinajstić information content (AvgIpc) is 3.23. The summed E-state index contributed by atoms with van der Waals surface area (Å²) in [6.07, 6.45) is 1.19. The summed E-state index contributed by atoms with van der Waals surface area (Å²) in [5.41, 5.74) is 4.69. The van der Waals surface area contributed by atoms with Crippen LogP contribution in [0.1, 0.15) is 5.69 Å². The van der Waals surface area contributed by atoms with E-state index in [4.69, 9.17) is 26.3 Å². The molecule has 0 fully saturated rings. The van der Waals surface area contributed by atoms with Crippen LogP contribution < -0.4 is 0 Å². The van der Waals surface area contributed by atoms with Crippen LogP contribution in [0.2, 0.25) is 5.02 Å². The molecule has 176 valence electrons. The Kier molecular flexibility index (Phi) is 6.15. The third-order valence-corrected chi connectivity index (χ3v) is 7.10. The van der Waals surface area contributed by atoms with Gasteiger partial charge in [0.1, 0.15) is 11.5 Å². The number of fused-ring (bicyclic) bond motifs is 1. The van der Waals surface area contributed by atoms with E-state index in [9.17, 15) is 8.42 Å². The molecule has 0 radical (unpaired) electrons. The quantitative estimate of drug-likeness (QED) is 0.286. The summed E-state index contributed by atoms with van der Waals surface area (Å²) < 4.78 is 31.6. The molecule has 0 aliphatic heterocycles. The predicted octanol–water partition coefficient (Wildman–Crippen LogP) is 5.96. The fourth-order valence-electron chi connectivity index (χ4n) is 4.04. The second-order valence-corrected chi connectivity index (χ2v) is 10.6. The number of para-hydroxylation sites is 1. The lowest BCUT2D eigenvalue weighted by atomic mass is 10.1. The van der Waals surface area contributed by atoms with Crippen molar-refractivity contribution in [1.82, 2.24) is 14.5 Å². The van der Waals surface area contributed by atoms with Crippen LogP contribution in [0.25, 0.3) is 39.4 Å². The summed E-state index contributed by atoms with van der Waals surface area (Å²) in [5.74, 6) is 0.672. The number of aromatic nitrogens is 3. The Bertz CT molecular complexity index is 1630. The number of nitrogens with zero attached hydrogens (tertiary/aromatic N) is 3. The van der Waals surface area contributed by atoms with Gasteiger partial charge in [-0.05, 0) is 60.7 Å². The monoisotopic (exact) mass is 503 g/mol. The maximum atomic E-state index is 12.0. The zero-order chi connectivity index (χ0) is 24.6. The van der Waals surface area contributed by atoms with Crippen molar-refractivity contribution in [2.45, 2.75) is 11.5 Å². The number of hydrogen-bond donors (Lipinski definition) is 0. The molecular weight excluding hydrogens is 482 g/mol. The highest BCUT2D eigenvalue weighted by Gasteiger charge is 2.22. The first-order valence-electron chi connectivity index (χ1n) is 10.9. The Hall–Kier alpha value is -3.52. The Balaban J connectivity index is 1.77. The van der Waals surface area contributed by atoms with Gasteiger partial charge in [-0.2, -0.15) is 0 Å². The minimum Gasteiger partial charge on any atom is -0.378 e. The number of pyridine rings is 1. The standard InChI is InChI=1S/C27H22ClN3O3S/c1-34-17-25-26(24-16-9-18-5-3-4-6-23(18)29-24)30-27(19-7-10-20(28)11-8-19)31(25)21-12-14-22(15-13-21)35(2,32)33/h3-16H,17H2,1-2H3. The maximum absolute atomic E-state index is 12.0. The molecule has 6 nitrogen and oxygen atoms in total. The number of methoxy groups -OCH3 is 1. The van der Waals surface area contributed by atoms with Crippen molar-refractivity contribution in [2.24, 2.45) is 0 Å². The van der Waals surface area contributed by atoms with Crippen LogP contribution in [0.3, 0.4) is 0 Å². The molecule has 0 unspecified atom stereocenters. The zero-order valence-corrected chi connectivity index (χ0v) is 20.7. The lowest BCUT2D eigenvalue weighted by Crippen LogP contribution is -2.05. The molecule has 0 saturated heterocycles. The normalized spacial score (nSPS) is 11.7. The number of sulfone groups is 1. The van der Waals surface area contributed by atoms with Crippen molar-refractivity contribution in [2.75, 3.05) is 13.4 Å². The Morgan fingerprint density at radius 1 is 0.886 bits per heavy atom. The molecule has 5 rings (SSSR count). The molecular formula is C27H22ClN3O3S. The van der Waals surface area contributed by atoms with Gasteiger partial charge in [-0.25, -0.2) is 18.4 Å². The van der Waals surface area contributed by atoms with Crippen LogP contribution >= 0.6 is 11.6 Å². The van der Waals surface area contributed by atoms with Crippen molar-refractivity contribution >= 4 is 32.3 Å². The van der Waals surface area contributed by atoms with Crippen LogP contribution in [0.5, 0.6) is 0 Å². The first-order chi connectivity index (χ1) is 16.8. The molecule has 0 saturated carbocycles. The number of hydrogen-bond acceptors (Lipinski definition) is 5. The summed E-state index contributed by atoms with van der Waals surface area (Å²) in [7, 11) is -1.69. The van der Waals surface area contributed by atoms with Gasteiger partial charge in [0.2, 0.25) is 0 Å². The first-order valence-corrected chi connectivity index (χ1v) is 13.2. The number of rotatable bonds is 6. The molecule has 2 heterocycles. The minimum atomic E-state index is -3.32. The second kappa shape index (κ2) is 9.26. The minimum absolute atomic E-state index is 0.249. The van der Waals surface area contributed by atoms with E-state index in [1.807, 2.05) is 65.2 Å². The molecule has 0 spiro atoms. The number of ether oxygens (including phenoxy) is 1. The summed E-state index contributed by atoms with van der Waals surface area (Å²) in [4.78, 5) is 10.1. The third kappa shape index (κ3) is 4.58. The third-order valence-electron chi connectivity index (χ3n) is 5.72. The summed E-state index contributed by atoms with van der Waals surface area (Å²) in [6, 6.07) is 26.1. The van der Waals surface area contributed by atoms with Gasteiger partial charge in [0.25, 0.3) is 0 Å². The van der Waals surface area contributed by atoms with Gasteiger partial charge in [-0.1, -0.05) is 35.9 Å². The van der Waals surface area contributed by atoms with E-state index in [-0.39, 0.29) is 11.5 Å². The van der Waals surface area contributed by atoms with Crippen LogP contribution in [0.15, 0.2) is 89.8 Å². The summed E-state index contributed by atoms with van der Waals surface area (Å²) in [6.45, 7) is 0.276. The van der Waals surface area contributed by atoms with Crippen LogP contribution in [0, 0.1) is 0 Å². The van der Waals surface area contributed by atoms with Crippen LogP contribution in [-0.4, -0.2) is 36.3 Å². The van der Waals surface area contributed by atoms with E-state index in [2.05, 4.69) is 0 Å². The van der Waals surface area contributed by atoms with Gasteiger partial charge in [0.05, 0.1) is 28.4 Å². The fraction of sp³-hybridized carbons (Fsp3) is 0.111. The molecule has 0 amide bonds. The van der Waals surface area contributed by atoms with E-state index in [1.165, 1.54) is 6.26 Å². The lowest BCUT2D eigenvalue weighted by Gasteiger charge is -2.13. The molecule has 0 atom stereocenters. The van der Waals surface area contributed by atoms with Crippen LogP contribution in [0.4, 0.5) is 0 Å². The lowest BCUT2D eigenvalue weighted by molar-refractivity contribution is 0.180. The molecule has 0 aliphatic rings. The van der Waals surface area contributed by atoms with Crippen molar-refractivity contribution in [3.63, 3.8) is 0 Å². The number of halogens is 1. The molecule has 35 heavy (non-hydrogen) atoms. The van der Waals surface area contributed by atoms with E-state index in [0.717, 1.165) is 33.5 Å². The van der Waals surface area contributed by atoms with Gasteiger partial charge in [-0.15, -0.1) is 0 Å². The number of imidazole rings is 1. The molecule has 0 N–H and O–H groups in total. The Labute approximate surface area is 208 Å². The fourth-order valence-corrected chi connectivity index (χ4v) is 4.80. The van der Waals surface area contributed by atoms with Gasteiger partial charge >= 0.3 is 0 Å². The Morgan fingerprint density at radius 2 is 1.60 bits per heavy atom. The maximum Gasteiger partial charge on any atom is 0.175 e. The Morgan fingerprint density at radius 3 is 2.29 bits per heavy atom. The van der Waals surface area contributed by atoms with Crippen LogP contribution in [-0.2, 0) is 21.2 Å². The van der Waals surface area contributed by atoms with Crippen molar-refractivity contribution in [1.29, 1.82) is 0 Å². The SMILES string of the molecule is COCc1c(-c2ccc3ccccc3n2)nc(-c2ccc(Cl)cc2)n1-c1ccc(S(C)(=O)=O)cc1. The topological polar surface area (TPSA) is 74.1 Å². The molecule has 0 aliphatic carbocycles. The smallest absolute Gasteiger partial charge is 0.175 e. The molecule has 5 aromatic rings. The highest BCUT2D eigenvalue weighted by atomic mass is 35.5. The second-order valence-electron chi connectivity index (χ2n) is 8.16. The summed E-state index contributed by atoms with van der Waals surface area (Å²) >= 11 is 6.14.